The molecule has 1 aromatic carbocycles. The first-order valence-electron chi connectivity index (χ1n) is 8.82. The predicted molar refractivity (Wildman–Crippen MR) is 112 cm³/mol. The molecule has 28 heavy (non-hydrogen) atoms. The summed E-state index contributed by atoms with van der Waals surface area (Å²) in [4.78, 5) is 16.8. The zero-order chi connectivity index (χ0) is 19.7. The zero-order valence-electron chi connectivity index (χ0n) is 15.7. The molecule has 1 amide bonds. The van der Waals surface area contributed by atoms with Crippen LogP contribution in [-0.4, -0.2) is 31.4 Å². The fourth-order valence-electron chi connectivity index (χ4n) is 2.87. The van der Waals surface area contributed by atoms with Gasteiger partial charge in [-0.2, -0.15) is 0 Å². The van der Waals surface area contributed by atoms with Crippen molar-refractivity contribution in [1.29, 1.82) is 0 Å². The molecule has 4 aromatic rings. The standard InChI is InChI=1S/C19H19N5O2S2/c1-4-24-17(13-7-8-26-12(13)3)22-23-19(24)27-10-16(25)21-18-20-14-6-5-11(2)9-15(14)28-18/h5-9H,4,10H2,1-3H3,(H,20,21,25). The fraction of sp³-hybridized carbons (Fsp3) is 0.263. The van der Waals surface area contributed by atoms with Crippen molar-refractivity contribution in [3.05, 3.63) is 41.9 Å². The van der Waals surface area contributed by atoms with Gasteiger partial charge < -0.3 is 14.3 Å². The van der Waals surface area contributed by atoms with E-state index in [0.717, 1.165) is 27.4 Å². The van der Waals surface area contributed by atoms with Crippen LogP contribution in [0.5, 0.6) is 0 Å². The van der Waals surface area contributed by atoms with Gasteiger partial charge in [-0.1, -0.05) is 29.2 Å². The zero-order valence-corrected chi connectivity index (χ0v) is 17.4. The summed E-state index contributed by atoms with van der Waals surface area (Å²) in [5.74, 6) is 1.66. The van der Waals surface area contributed by atoms with Crippen LogP contribution in [0.25, 0.3) is 21.6 Å². The topological polar surface area (TPSA) is 85.8 Å². The summed E-state index contributed by atoms with van der Waals surface area (Å²) in [5.41, 5.74) is 2.98. The summed E-state index contributed by atoms with van der Waals surface area (Å²) in [6, 6.07) is 7.93. The minimum atomic E-state index is -0.118. The number of thioether (sulfide) groups is 1. The van der Waals surface area contributed by atoms with E-state index in [1.54, 1.807) is 6.26 Å². The Balaban J connectivity index is 1.44. The molecule has 0 fully saturated rings. The van der Waals surface area contributed by atoms with E-state index in [0.29, 0.717) is 16.8 Å². The van der Waals surface area contributed by atoms with Gasteiger partial charge in [-0.05, 0) is 44.5 Å². The number of carbonyl (C=O) groups excluding carboxylic acids is 1. The molecule has 0 bridgehead atoms. The first kappa shape index (κ1) is 18.7. The molecule has 0 aliphatic carbocycles. The van der Waals surface area contributed by atoms with Crippen molar-refractivity contribution in [3.63, 3.8) is 0 Å². The Morgan fingerprint density at radius 2 is 2.14 bits per heavy atom. The molecular formula is C19H19N5O2S2. The normalized spacial score (nSPS) is 11.2. The third kappa shape index (κ3) is 3.67. The fourth-order valence-corrected chi connectivity index (χ4v) is 4.65. The van der Waals surface area contributed by atoms with E-state index in [4.69, 9.17) is 4.42 Å². The number of hydrogen-bond donors (Lipinski definition) is 1. The third-order valence-electron chi connectivity index (χ3n) is 4.26. The number of aromatic nitrogens is 4. The number of nitrogens with one attached hydrogen (secondary N) is 1. The van der Waals surface area contributed by atoms with Gasteiger partial charge >= 0.3 is 0 Å². The van der Waals surface area contributed by atoms with Crippen molar-refractivity contribution >= 4 is 44.4 Å². The summed E-state index contributed by atoms with van der Waals surface area (Å²) in [7, 11) is 0. The molecule has 0 saturated heterocycles. The van der Waals surface area contributed by atoms with Crippen LogP contribution in [0.4, 0.5) is 5.13 Å². The highest BCUT2D eigenvalue weighted by atomic mass is 32.2. The average molecular weight is 414 g/mol. The molecule has 0 unspecified atom stereocenters. The number of fused-ring (bicyclic) bond motifs is 1. The molecule has 0 spiro atoms. The maximum atomic E-state index is 12.4. The smallest absolute Gasteiger partial charge is 0.236 e. The van der Waals surface area contributed by atoms with E-state index in [9.17, 15) is 4.79 Å². The Morgan fingerprint density at radius 1 is 1.29 bits per heavy atom. The van der Waals surface area contributed by atoms with Crippen LogP contribution in [0.15, 0.2) is 40.1 Å². The van der Waals surface area contributed by atoms with Gasteiger partial charge in [0.15, 0.2) is 16.1 Å². The maximum absolute atomic E-state index is 12.4. The van der Waals surface area contributed by atoms with Gasteiger partial charge in [-0.25, -0.2) is 4.98 Å². The van der Waals surface area contributed by atoms with Crippen LogP contribution in [-0.2, 0) is 11.3 Å². The van der Waals surface area contributed by atoms with Crippen molar-refractivity contribution in [3.8, 4) is 11.4 Å². The predicted octanol–water partition coefficient (Wildman–Crippen LogP) is 4.52. The van der Waals surface area contributed by atoms with Crippen LogP contribution in [0.3, 0.4) is 0 Å². The second-order valence-corrected chi connectivity index (χ2v) is 8.24. The molecule has 3 heterocycles. The second-order valence-electron chi connectivity index (χ2n) is 6.27. The van der Waals surface area contributed by atoms with E-state index in [2.05, 4.69) is 26.6 Å². The van der Waals surface area contributed by atoms with E-state index < -0.39 is 0 Å². The molecule has 0 aliphatic rings. The molecule has 4 rings (SSSR count). The minimum Gasteiger partial charge on any atom is -0.469 e. The number of amides is 1. The number of benzene rings is 1. The Labute approximate surface area is 170 Å². The number of rotatable bonds is 6. The average Bonchev–Trinajstić information content (AvgIpc) is 3.36. The summed E-state index contributed by atoms with van der Waals surface area (Å²) < 4.78 is 8.41. The highest BCUT2D eigenvalue weighted by Crippen LogP contribution is 2.28. The highest BCUT2D eigenvalue weighted by molar-refractivity contribution is 7.99. The molecule has 1 N–H and O–H groups in total. The second kappa shape index (κ2) is 7.76. The van der Waals surface area contributed by atoms with Crippen LogP contribution in [0.2, 0.25) is 0 Å². The number of furan rings is 1. The highest BCUT2D eigenvalue weighted by Gasteiger charge is 2.17. The molecule has 7 nitrogen and oxygen atoms in total. The van der Waals surface area contributed by atoms with Crippen molar-refractivity contribution < 1.29 is 9.21 Å². The Morgan fingerprint density at radius 3 is 2.89 bits per heavy atom. The lowest BCUT2D eigenvalue weighted by molar-refractivity contribution is -0.113. The van der Waals surface area contributed by atoms with Crippen molar-refractivity contribution in [2.45, 2.75) is 32.5 Å². The van der Waals surface area contributed by atoms with E-state index in [-0.39, 0.29) is 11.7 Å². The van der Waals surface area contributed by atoms with Gasteiger partial charge in [0.1, 0.15) is 5.76 Å². The van der Waals surface area contributed by atoms with E-state index in [1.165, 1.54) is 28.7 Å². The van der Waals surface area contributed by atoms with E-state index in [1.807, 2.05) is 43.5 Å². The molecule has 3 aromatic heterocycles. The van der Waals surface area contributed by atoms with Gasteiger partial charge in [-0.15, -0.1) is 10.2 Å². The summed E-state index contributed by atoms with van der Waals surface area (Å²) in [6.07, 6.45) is 1.64. The molecule has 0 radical (unpaired) electrons. The van der Waals surface area contributed by atoms with Gasteiger partial charge in [0.2, 0.25) is 5.91 Å². The molecule has 0 saturated carbocycles. The Kier molecular flexibility index (Phi) is 5.19. The van der Waals surface area contributed by atoms with Gasteiger partial charge in [0.05, 0.1) is 27.8 Å². The summed E-state index contributed by atoms with van der Waals surface area (Å²) in [5, 5.41) is 12.7. The van der Waals surface area contributed by atoms with Crippen molar-refractivity contribution in [1.82, 2.24) is 19.7 Å². The first-order chi connectivity index (χ1) is 13.5. The number of aryl methyl sites for hydroxylation is 2. The third-order valence-corrected chi connectivity index (χ3v) is 6.16. The van der Waals surface area contributed by atoms with Gasteiger partial charge in [-0.3, -0.25) is 4.79 Å². The maximum Gasteiger partial charge on any atom is 0.236 e. The van der Waals surface area contributed by atoms with Crippen LogP contribution < -0.4 is 5.32 Å². The Bertz CT molecular complexity index is 1140. The van der Waals surface area contributed by atoms with Crippen molar-refractivity contribution in [2.75, 3.05) is 11.1 Å². The van der Waals surface area contributed by atoms with Crippen LogP contribution in [0, 0.1) is 13.8 Å². The lowest BCUT2D eigenvalue weighted by atomic mass is 10.2. The number of nitrogens with zero attached hydrogens (tertiary/aromatic N) is 4. The number of carbonyl (C=O) groups is 1. The minimum absolute atomic E-state index is 0.118. The Hall–Kier alpha value is -2.65. The van der Waals surface area contributed by atoms with Crippen LogP contribution in [0.1, 0.15) is 18.2 Å². The van der Waals surface area contributed by atoms with Crippen molar-refractivity contribution in [2.24, 2.45) is 0 Å². The molecule has 0 aliphatic heterocycles. The number of thiazole rings is 1. The quantitative estimate of drug-likeness (QED) is 0.468. The molecule has 0 atom stereocenters. The first-order valence-corrected chi connectivity index (χ1v) is 10.6. The van der Waals surface area contributed by atoms with Crippen LogP contribution >= 0.6 is 23.1 Å². The van der Waals surface area contributed by atoms with E-state index >= 15 is 0 Å². The van der Waals surface area contributed by atoms with Gasteiger partial charge in [0.25, 0.3) is 0 Å². The SMILES string of the molecule is CCn1c(SCC(=O)Nc2nc3ccc(C)cc3s2)nnc1-c1ccoc1C. The molecular weight excluding hydrogens is 394 g/mol. The largest absolute Gasteiger partial charge is 0.469 e. The summed E-state index contributed by atoms with van der Waals surface area (Å²) in [6.45, 7) is 6.66. The van der Waals surface area contributed by atoms with Gasteiger partial charge in [0, 0.05) is 6.54 Å². The molecule has 144 valence electrons. The molecule has 9 heteroatoms. The monoisotopic (exact) mass is 413 g/mol. The summed E-state index contributed by atoms with van der Waals surface area (Å²) >= 11 is 2.83. The number of hydrogen-bond acceptors (Lipinski definition) is 7. The number of anilines is 1. The lowest BCUT2D eigenvalue weighted by Crippen LogP contribution is -2.14. The lowest BCUT2D eigenvalue weighted by Gasteiger charge is -2.06.